The van der Waals surface area contributed by atoms with Gasteiger partial charge in [-0.3, -0.25) is 0 Å². The topological polar surface area (TPSA) is 51.8 Å². The molecule has 0 fully saturated rings. The summed E-state index contributed by atoms with van der Waals surface area (Å²) in [7, 11) is -1.35. The van der Waals surface area contributed by atoms with E-state index in [1.54, 1.807) is 0 Å². The first-order valence-electron chi connectivity index (χ1n) is 18.0. The van der Waals surface area contributed by atoms with Crippen LogP contribution in [0.3, 0.4) is 0 Å². The van der Waals surface area contributed by atoms with E-state index in [0.717, 1.165) is 49.8 Å². The normalized spacial score (nSPS) is 11.7. The van der Waals surface area contributed by atoms with Crippen LogP contribution in [0.5, 0.6) is 0 Å². The van der Waals surface area contributed by atoms with Crippen molar-refractivity contribution in [2.75, 3.05) is 0 Å². The van der Waals surface area contributed by atoms with E-state index in [1.807, 2.05) is 60.7 Å². The van der Waals surface area contributed by atoms with Gasteiger partial charge in [0.2, 0.25) is 0 Å². The van der Waals surface area contributed by atoms with Gasteiger partial charge in [-0.2, -0.15) is 0 Å². The third-order valence-electron chi connectivity index (χ3n) is 9.91. The van der Waals surface area contributed by atoms with Crippen molar-refractivity contribution >= 4 is 35.2 Å². The first kappa shape index (κ1) is 32.5. The summed E-state index contributed by atoms with van der Waals surface area (Å²) in [6.45, 7) is 7.16. The molecule has 0 saturated carbocycles. The molecule has 0 atom stereocenters. The zero-order chi connectivity index (χ0) is 35.9. The zero-order valence-electron chi connectivity index (χ0n) is 29.9. The number of hydrogen-bond donors (Lipinski definition) is 0. The van der Waals surface area contributed by atoms with Crippen LogP contribution in [0.2, 0.25) is 19.6 Å². The average Bonchev–Trinajstić information content (AvgIpc) is 3.60. The second kappa shape index (κ2) is 13.3. The second-order valence-corrected chi connectivity index (χ2v) is 19.6. The van der Waals surface area contributed by atoms with E-state index in [-0.39, 0.29) is 0 Å². The maximum Gasteiger partial charge on any atom is 0.167 e. The van der Waals surface area contributed by atoms with Gasteiger partial charge in [0.15, 0.2) is 17.5 Å². The third kappa shape index (κ3) is 6.37. The molecule has 0 spiro atoms. The molecule has 0 unspecified atom stereocenters. The van der Waals surface area contributed by atoms with Crippen molar-refractivity contribution in [2.45, 2.75) is 19.6 Å². The predicted octanol–water partition coefficient (Wildman–Crippen LogP) is 12.3. The van der Waals surface area contributed by atoms with Crippen molar-refractivity contribution in [3.05, 3.63) is 170 Å². The van der Waals surface area contributed by atoms with Gasteiger partial charge < -0.3 is 4.42 Å². The minimum Gasteiger partial charge on any atom is -0.455 e. The molecule has 0 aliphatic rings. The highest BCUT2D eigenvalue weighted by atomic mass is 28.3. The SMILES string of the molecule is C[Si](C)(C)c1ccc(-c2cccc(-c3cccc(-c4cccc(-c5nc(-c6ccccc6)nc(-c6cccc7c6oc6ccccc67)n5)c4)c3)c2)cc1. The van der Waals surface area contributed by atoms with Gasteiger partial charge >= 0.3 is 0 Å². The van der Waals surface area contributed by atoms with E-state index < -0.39 is 8.07 Å². The predicted molar refractivity (Wildman–Crippen MR) is 223 cm³/mol. The fourth-order valence-electron chi connectivity index (χ4n) is 7.02. The van der Waals surface area contributed by atoms with E-state index in [0.29, 0.717) is 17.5 Å². The quantitative estimate of drug-likeness (QED) is 0.155. The number of rotatable bonds is 7. The Kier molecular flexibility index (Phi) is 8.13. The summed E-state index contributed by atoms with van der Waals surface area (Å²) in [5, 5.41) is 3.58. The number of furan rings is 1. The molecule has 0 aliphatic carbocycles. The zero-order valence-corrected chi connectivity index (χ0v) is 30.9. The smallest absolute Gasteiger partial charge is 0.167 e. The number of benzene rings is 7. The number of aromatic nitrogens is 3. The molecule has 0 N–H and O–H groups in total. The van der Waals surface area contributed by atoms with E-state index in [4.69, 9.17) is 19.4 Å². The Bertz CT molecular complexity index is 2760. The highest BCUT2D eigenvalue weighted by Crippen LogP contribution is 2.36. The molecule has 0 bridgehead atoms. The molecule has 0 amide bonds. The Balaban J connectivity index is 1.10. The highest BCUT2D eigenvalue weighted by molar-refractivity contribution is 6.88. The van der Waals surface area contributed by atoms with Crippen LogP contribution in [0.4, 0.5) is 0 Å². The molecule has 7 aromatic carbocycles. The van der Waals surface area contributed by atoms with Crippen LogP contribution in [0.25, 0.3) is 89.5 Å². The lowest BCUT2D eigenvalue weighted by Crippen LogP contribution is -2.37. The molecular formula is C48H37N3OSi. The monoisotopic (exact) mass is 699 g/mol. The number of nitrogens with zero attached hydrogens (tertiary/aromatic N) is 3. The van der Waals surface area contributed by atoms with E-state index >= 15 is 0 Å². The van der Waals surface area contributed by atoms with Gasteiger partial charge in [-0.1, -0.05) is 164 Å². The first-order valence-corrected chi connectivity index (χ1v) is 21.5. The van der Waals surface area contributed by atoms with Gasteiger partial charge in [-0.25, -0.2) is 15.0 Å². The lowest BCUT2D eigenvalue weighted by atomic mass is 9.95. The van der Waals surface area contributed by atoms with Gasteiger partial charge in [0.25, 0.3) is 0 Å². The molecule has 254 valence electrons. The maximum atomic E-state index is 6.40. The summed E-state index contributed by atoms with van der Waals surface area (Å²) in [6, 6.07) is 59.5. The average molecular weight is 700 g/mol. The Morgan fingerprint density at radius 3 is 1.49 bits per heavy atom. The van der Waals surface area contributed by atoms with Crippen LogP contribution in [-0.2, 0) is 0 Å². The fraction of sp³-hybridized carbons (Fsp3) is 0.0625. The summed E-state index contributed by atoms with van der Waals surface area (Å²) in [4.78, 5) is 15.1. The highest BCUT2D eigenvalue weighted by Gasteiger charge is 2.19. The van der Waals surface area contributed by atoms with Crippen LogP contribution < -0.4 is 5.19 Å². The molecule has 9 rings (SSSR count). The van der Waals surface area contributed by atoms with Gasteiger partial charge in [0.05, 0.1) is 13.6 Å². The lowest BCUT2D eigenvalue weighted by Gasteiger charge is -2.17. The third-order valence-corrected chi connectivity index (χ3v) is 12.0. The summed E-state index contributed by atoms with van der Waals surface area (Å²) in [6.07, 6.45) is 0. The molecular weight excluding hydrogens is 663 g/mol. The largest absolute Gasteiger partial charge is 0.455 e. The first-order chi connectivity index (χ1) is 25.9. The van der Waals surface area contributed by atoms with Crippen molar-refractivity contribution in [1.82, 2.24) is 15.0 Å². The van der Waals surface area contributed by atoms with Crippen LogP contribution in [0.1, 0.15) is 0 Å². The van der Waals surface area contributed by atoms with Crippen molar-refractivity contribution < 1.29 is 4.42 Å². The molecule has 0 saturated heterocycles. The Hall–Kier alpha value is -6.43. The maximum absolute atomic E-state index is 6.40. The summed E-state index contributed by atoms with van der Waals surface area (Å²) in [5.74, 6) is 1.79. The molecule has 2 aromatic heterocycles. The molecule has 53 heavy (non-hydrogen) atoms. The molecule has 0 radical (unpaired) electrons. The second-order valence-electron chi connectivity index (χ2n) is 14.5. The lowest BCUT2D eigenvalue weighted by molar-refractivity contribution is 0.669. The van der Waals surface area contributed by atoms with Gasteiger partial charge in [0.1, 0.15) is 11.2 Å². The summed E-state index contributed by atoms with van der Waals surface area (Å²) in [5.41, 5.74) is 11.3. The minimum atomic E-state index is -1.35. The Morgan fingerprint density at radius 2 is 0.849 bits per heavy atom. The summed E-state index contributed by atoms with van der Waals surface area (Å²) >= 11 is 0. The van der Waals surface area contributed by atoms with Crippen LogP contribution in [0.15, 0.2) is 174 Å². The van der Waals surface area contributed by atoms with Crippen molar-refractivity contribution in [3.8, 4) is 67.5 Å². The van der Waals surface area contributed by atoms with Crippen molar-refractivity contribution in [2.24, 2.45) is 0 Å². The molecule has 9 aromatic rings. The van der Waals surface area contributed by atoms with Gasteiger partial charge in [-0.05, 0) is 63.7 Å². The molecule has 0 aliphatic heterocycles. The van der Waals surface area contributed by atoms with Gasteiger partial charge in [-0.15, -0.1) is 0 Å². The van der Waals surface area contributed by atoms with Crippen LogP contribution in [0, 0.1) is 0 Å². The van der Waals surface area contributed by atoms with E-state index in [9.17, 15) is 0 Å². The van der Waals surface area contributed by atoms with Crippen LogP contribution >= 0.6 is 0 Å². The van der Waals surface area contributed by atoms with Gasteiger partial charge in [0, 0.05) is 21.9 Å². The van der Waals surface area contributed by atoms with Crippen molar-refractivity contribution in [3.63, 3.8) is 0 Å². The van der Waals surface area contributed by atoms with E-state index in [2.05, 4.69) is 129 Å². The Labute approximate surface area is 310 Å². The number of para-hydroxylation sites is 2. The van der Waals surface area contributed by atoms with Crippen LogP contribution in [-0.4, -0.2) is 23.0 Å². The standard InChI is InChI=1S/C48H37N3OSi/c1-53(2,3)40-27-25-32(26-28-40)34-15-9-16-35(29-34)36-17-10-18-37(30-36)38-19-11-20-39(31-38)47-49-46(33-13-5-4-6-14-33)50-48(51-47)43-23-12-22-42-41-21-7-8-24-44(41)52-45(42)43/h4-31H,1-3H3. The summed E-state index contributed by atoms with van der Waals surface area (Å²) < 4.78 is 6.40. The van der Waals surface area contributed by atoms with E-state index in [1.165, 1.54) is 27.4 Å². The number of fused-ring (bicyclic) bond motifs is 3. The minimum absolute atomic E-state index is 0.570. The van der Waals surface area contributed by atoms with Crippen molar-refractivity contribution in [1.29, 1.82) is 0 Å². The molecule has 2 heterocycles. The molecule has 4 nitrogen and oxygen atoms in total. The fourth-order valence-corrected chi connectivity index (χ4v) is 8.19. The molecule has 5 heteroatoms. The number of hydrogen-bond acceptors (Lipinski definition) is 4. The Morgan fingerprint density at radius 1 is 0.377 bits per heavy atom.